The van der Waals surface area contributed by atoms with Crippen molar-refractivity contribution in [2.75, 3.05) is 0 Å². The smallest absolute Gasteiger partial charge is 0.126 e. The van der Waals surface area contributed by atoms with E-state index >= 15 is 0 Å². The van der Waals surface area contributed by atoms with Crippen molar-refractivity contribution in [3.63, 3.8) is 0 Å². The molecule has 0 aromatic rings. The van der Waals surface area contributed by atoms with E-state index in [-0.39, 0.29) is 0 Å². The van der Waals surface area contributed by atoms with Gasteiger partial charge in [-0.25, -0.2) is 0 Å². The van der Waals surface area contributed by atoms with Gasteiger partial charge in [-0.3, -0.25) is 0 Å². The minimum absolute atomic E-state index is 0.391. The van der Waals surface area contributed by atoms with Gasteiger partial charge in [0.1, 0.15) is 0 Å². The quantitative estimate of drug-likeness (QED) is 0.178. The average Bonchev–Trinajstić information content (AvgIpc) is 2.13. The van der Waals surface area contributed by atoms with Crippen LogP contribution in [0, 0.1) is 0 Å². The van der Waals surface area contributed by atoms with Crippen molar-refractivity contribution in [1.29, 1.82) is 0 Å². The van der Waals surface area contributed by atoms with Crippen molar-refractivity contribution < 1.29 is 0 Å². The highest BCUT2D eigenvalue weighted by molar-refractivity contribution is 9.09. The van der Waals surface area contributed by atoms with Crippen LogP contribution in [0.15, 0.2) is 0 Å². The van der Waals surface area contributed by atoms with Crippen LogP contribution in [0.25, 0.3) is 0 Å². The molecule has 0 amide bonds. The summed E-state index contributed by atoms with van der Waals surface area (Å²) in [5.74, 6) is 0. The molecule has 0 aliphatic heterocycles. The lowest BCUT2D eigenvalue weighted by Gasteiger charge is -2.13. The van der Waals surface area contributed by atoms with E-state index in [1.807, 2.05) is 0 Å². The molecule has 98 valence electrons. The van der Waals surface area contributed by atoms with E-state index in [1.165, 1.54) is 44.9 Å². The Labute approximate surface area is 124 Å². The molecule has 0 aliphatic rings. The van der Waals surface area contributed by atoms with Crippen molar-refractivity contribution in [2.24, 2.45) is 0 Å². The number of rotatable bonds is 10. The molecule has 0 aromatic carbocycles. The standard InChI is InChI=1S/C11H22BrCl3Si/c1-2-3-4-5-6-7-8-9-11(12)10-16(13,14)15/h11H,2-10H2,1H3. The Balaban J connectivity index is 3.25. The molecule has 16 heavy (non-hydrogen) atoms. The number of halogens is 4. The summed E-state index contributed by atoms with van der Waals surface area (Å²) in [5.41, 5.74) is 0. The Morgan fingerprint density at radius 1 is 0.938 bits per heavy atom. The highest BCUT2D eigenvalue weighted by Crippen LogP contribution is 2.31. The van der Waals surface area contributed by atoms with Gasteiger partial charge in [0.25, 0.3) is 0 Å². The molecule has 0 saturated heterocycles. The summed E-state index contributed by atoms with van der Waals surface area (Å²) < 4.78 is 0. The second kappa shape index (κ2) is 10.5. The molecule has 0 aliphatic carbocycles. The molecule has 0 fully saturated rings. The van der Waals surface area contributed by atoms with Gasteiger partial charge in [0.2, 0.25) is 0 Å². The summed E-state index contributed by atoms with van der Waals surface area (Å²) in [5, 5.41) is 0. The van der Waals surface area contributed by atoms with Crippen molar-refractivity contribution >= 4 is 55.2 Å². The first kappa shape index (κ1) is 17.6. The predicted molar refractivity (Wildman–Crippen MR) is 83.4 cm³/mol. The van der Waals surface area contributed by atoms with E-state index in [1.54, 1.807) is 0 Å². The Bertz CT molecular complexity index is 162. The Morgan fingerprint density at radius 3 is 1.94 bits per heavy atom. The van der Waals surface area contributed by atoms with Crippen molar-refractivity contribution in [2.45, 2.75) is 69.2 Å². The largest absolute Gasteiger partial charge is 0.342 e. The third-order valence-corrected chi connectivity index (χ3v) is 6.30. The lowest BCUT2D eigenvalue weighted by atomic mass is 10.1. The number of unbranched alkanes of at least 4 members (excludes halogenated alkanes) is 6. The zero-order valence-electron chi connectivity index (χ0n) is 9.95. The topological polar surface area (TPSA) is 0 Å². The minimum atomic E-state index is -2.44. The lowest BCUT2D eigenvalue weighted by Crippen LogP contribution is -2.15. The highest BCUT2D eigenvalue weighted by Gasteiger charge is 2.28. The second-order valence-corrected chi connectivity index (χ2v) is 14.8. The van der Waals surface area contributed by atoms with Crippen LogP contribution in [0.1, 0.15) is 58.3 Å². The summed E-state index contributed by atoms with van der Waals surface area (Å²) in [6.45, 7) is 2.25. The number of alkyl halides is 1. The van der Waals surface area contributed by atoms with Gasteiger partial charge >= 0.3 is 6.00 Å². The first-order valence-electron chi connectivity index (χ1n) is 6.16. The molecule has 0 saturated carbocycles. The van der Waals surface area contributed by atoms with Gasteiger partial charge in [-0.05, 0) is 12.5 Å². The summed E-state index contributed by atoms with van der Waals surface area (Å²) in [6, 6.07) is -1.71. The average molecular weight is 369 g/mol. The van der Waals surface area contributed by atoms with E-state index in [4.69, 9.17) is 33.2 Å². The van der Waals surface area contributed by atoms with Crippen LogP contribution in [0.3, 0.4) is 0 Å². The molecule has 1 atom stereocenters. The molecule has 0 radical (unpaired) electrons. The monoisotopic (exact) mass is 366 g/mol. The van der Waals surface area contributed by atoms with Gasteiger partial charge in [-0.2, -0.15) is 0 Å². The molecule has 5 heteroatoms. The van der Waals surface area contributed by atoms with Gasteiger partial charge in [0, 0.05) is 4.83 Å². The van der Waals surface area contributed by atoms with Crippen LogP contribution in [0.5, 0.6) is 0 Å². The van der Waals surface area contributed by atoms with E-state index in [0.717, 1.165) is 12.5 Å². The zero-order chi connectivity index (χ0) is 12.4. The SMILES string of the molecule is CCCCCCCCCC(Br)C[Si](Cl)(Cl)Cl. The summed E-state index contributed by atoms with van der Waals surface area (Å²) in [6.07, 6.45) is 10.5. The Hall–Kier alpha value is 1.57. The molecule has 0 nitrogen and oxygen atoms in total. The summed E-state index contributed by atoms with van der Waals surface area (Å²) >= 11 is 21.2. The van der Waals surface area contributed by atoms with E-state index in [2.05, 4.69) is 22.9 Å². The van der Waals surface area contributed by atoms with Crippen molar-refractivity contribution in [1.82, 2.24) is 0 Å². The molecule has 0 rings (SSSR count). The molecule has 1 unspecified atom stereocenters. The van der Waals surface area contributed by atoms with Crippen molar-refractivity contribution in [3.05, 3.63) is 0 Å². The zero-order valence-corrected chi connectivity index (χ0v) is 14.8. The summed E-state index contributed by atoms with van der Waals surface area (Å²) in [4.78, 5) is 0.391. The van der Waals surface area contributed by atoms with Gasteiger partial charge in [-0.1, -0.05) is 67.8 Å². The van der Waals surface area contributed by atoms with Gasteiger partial charge in [-0.15, -0.1) is 33.2 Å². The molecule has 0 aromatic heterocycles. The normalized spacial score (nSPS) is 14.1. The third-order valence-electron chi connectivity index (χ3n) is 2.57. The Kier molecular flexibility index (Phi) is 11.5. The van der Waals surface area contributed by atoms with Crippen molar-refractivity contribution in [3.8, 4) is 0 Å². The fourth-order valence-electron chi connectivity index (χ4n) is 1.68. The second-order valence-electron chi connectivity index (χ2n) is 4.33. The van der Waals surface area contributed by atoms with Crippen LogP contribution in [-0.2, 0) is 0 Å². The molecule has 0 N–H and O–H groups in total. The maximum absolute atomic E-state index is 5.87. The highest BCUT2D eigenvalue weighted by atomic mass is 79.9. The molecular formula is C11H22BrCl3Si. The maximum atomic E-state index is 5.87. The molecular weight excluding hydrogens is 346 g/mol. The van der Waals surface area contributed by atoms with E-state index < -0.39 is 6.00 Å². The van der Waals surface area contributed by atoms with Crippen LogP contribution >= 0.6 is 49.2 Å². The van der Waals surface area contributed by atoms with Crippen LogP contribution in [-0.4, -0.2) is 10.8 Å². The van der Waals surface area contributed by atoms with Crippen LogP contribution in [0.2, 0.25) is 6.04 Å². The summed E-state index contributed by atoms with van der Waals surface area (Å²) in [7, 11) is 0. The molecule has 0 bridgehead atoms. The fourth-order valence-corrected chi connectivity index (χ4v) is 7.52. The molecule has 0 spiro atoms. The van der Waals surface area contributed by atoms with Crippen LogP contribution in [0.4, 0.5) is 0 Å². The van der Waals surface area contributed by atoms with Gasteiger partial charge < -0.3 is 0 Å². The van der Waals surface area contributed by atoms with E-state index in [9.17, 15) is 0 Å². The fraction of sp³-hybridized carbons (Fsp3) is 1.00. The molecule has 0 heterocycles. The number of hydrogen-bond donors (Lipinski definition) is 0. The lowest BCUT2D eigenvalue weighted by molar-refractivity contribution is 0.576. The minimum Gasteiger partial charge on any atom is -0.126 e. The predicted octanol–water partition coefficient (Wildman–Crippen LogP) is 6.55. The first-order chi connectivity index (χ1) is 7.45. The van der Waals surface area contributed by atoms with Crippen LogP contribution < -0.4 is 0 Å². The Morgan fingerprint density at radius 2 is 1.44 bits per heavy atom. The number of hydrogen-bond acceptors (Lipinski definition) is 0. The van der Waals surface area contributed by atoms with Gasteiger partial charge in [0.15, 0.2) is 0 Å². The third kappa shape index (κ3) is 13.6. The van der Waals surface area contributed by atoms with Gasteiger partial charge in [0.05, 0.1) is 0 Å². The van der Waals surface area contributed by atoms with E-state index in [0.29, 0.717) is 4.83 Å². The maximum Gasteiger partial charge on any atom is 0.342 e. The first-order valence-corrected chi connectivity index (χ1v) is 12.3.